The molecule has 6 nitrogen and oxygen atoms in total. The van der Waals surface area contributed by atoms with Crippen molar-refractivity contribution in [2.45, 2.75) is 27.2 Å². The van der Waals surface area contributed by atoms with E-state index in [0.29, 0.717) is 16.9 Å². The quantitative estimate of drug-likeness (QED) is 0.267. The summed E-state index contributed by atoms with van der Waals surface area (Å²) < 4.78 is 22.1. The van der Waals surface area contributed by atoms with Gasteiger partial charge in [0.05, 0.1) is 5.39 Å². The number of hydrogen-bond acceptors (Lipinski definition) is 6. The number of ether oxygens (including phenoxy) is 3. The molecule has 6 heteroatoms. The van der Waals surface area contributed by atoms with E-state index >= 15 is 0 Å². The number of esters is 1. The van der Waals surface area contributed by atoms with Gasteiger partial charge in [0.15, 0.2) is 6.61 Å². The summed E-state index contributed by atoms with van der Waals surface area (Å²) in [5.74, 6) is 0.913. The topological polar surface area (TPSA) is 75.0 Å². The van der Waals surface area contributed by atoms with Crippen LogP contribution in [0.4, 0.5) is 0 Å². The second-order valence-corrected chi connectivity index (χ2v) is 7.70. The lowest BCUT2D eigenvalue weighted by molar-refractivity contribution is -0.136. The van der Waals surface area contributed by atoms with E-state index in [-0.39, 0.29) is 29.1 Å². The fourth-order valence-electron chi connectivity index (χ4n) is 3.25. The van der Waals surface area contributed by atoms with Crippen molar-refractivity contribution < 1.29 is 23.4 Å². The van der Waals surface area contributed by atoms with E-state index < -0.39 is 5.97 Å². The Kier molecular flexibility index (Phi) is 6.45. The molecular weight excluding hydrogens is 420 g/mol. The van der Waals surface area contributed by atoms with Crippen molar-refractivity contribution in [2.24, 2.45) is 0 Å². The van der Waals surface area contributed by atoms with Crippen LogP contribution in [0.2, 0.25) is 0 Å². The van der Waals surface area contributed by atoms with Crippen LogP contribution in [0.5, 0.6) is 23.0 Å². The molecule has 33 heavy (non-hydrogen) atoms. The zero-order valence-corrected chi connectivity index (χ0v) is 18.7. The minimum Gasteiger partial charge on any atom is -0.482 e. The fourth-order valence-corrected chi connectivity index (χ4v) is 3.25. The molecule has 3 aromatic carbocycles. The SMILES string of the molecule is CCc1ccc(Oc2coc3cc(OC(=O)COc4ccc(C)c(C)c4)ccc3c2=O)cc1. The molecule has 0 spiro atoms. The van der Waals surface area contributed by atoms with Crippen molar-refractivity contribution in [2.75, 3.05) is 6.61 Å². The van der Waals surface area contributed by atoms with Crippen LogP contribution in [0, 0.1) is 13.8 Å². The predicted molar refractivity (Wildman–Crippen MR) is 125 cm³/mol. The Balaban J connectivity index is 1.44. The van der Waals surface area contributed by atoms with Gasteiger partial charge in [0.2, 0.25) is 11.2 Å². The Bertz CT molecular complexity index is 1350. The summed E-state index contributed by atoms with van der Waals surface area (Å²) in [5, 5.41) is 0.323. The van der Waals surface area contributed by atoms with Gasteiger partial charge in [-0.2, -0.15) is 0 Å². The van der Waals surface area contributed by atoms with E-state index in [9.17, 15) is 9.59 Å². The van der Waals surface area contributed by atoms with Crippen molar-refractivity contribution in [1.82, 2.24) is 0 Å². The van der Waals surface area contributed by atoms with Crippen molar-refractivity contribution in [3.05, 3.63) is 93.8 Å². The molecule has 0 aliphatic heterocycles. The third-order valence-electron chi connectivity index (χ3n) is 5.34. The van der Waals surface area contributed by atoms with Crippen LogP contribution in [0.15, 0.2) is 76.1 Å². The van der Waals surface area contributed by atoms with Gasteiger partial charge in [-0.1, -0.05) is 25.1 Å². The van der Waals surface area contributed by atoms with Gasteiger partial charge in [0, 0.05) is 6.07 Å². The maximum atomic E-state index is 12.8. The molecule has 0 N–H and O–H groups in total. The lowest BCUT2D eigenvalue weighted by Gasteiger charge is -2.09. The predicted octanol–water partition coefficient (Wildman–Crippen LogP) is 5.75. The van der Waals surface area contributed by atoms with Gasteiger partial charge in [0.25, 0.3) is 0 Å². The first-order chi connectivity index (χ1) is 15.9. The molecule has 0 aliphatic carbocycles. The van der Waals surface area contributed by atoms with Crippen LogP contribution in [0.3, 0.4) is 0 Å². The Morgan fingerprint density at radius 3 is 2.33 bits per heavy atom. The summed E-state index contributed by atoms with van der Waals surface area (Å²) in [7, 11) is 0. The number of carbonyl (C=O) groups excluding carboxylic acids is 1. The highest BCUT2D eigenvalue weighted by Gasteiger charge is 2.12. The van der Waals surface area contributed by atoms with Crippen molar-refractivity contribution >= 4 is 16.9 Å². The van der Waals surface area contributed by atoms with Gasteiger partial charge >= 0.3 is 5.97 Å². The van der Waals surface area contributed by atoms with Gasteiger partial charge in [-0.25, -0.2) is 4.79 Å². The smallest absolute Gasteiger partial charge is 0.349 e. The van der Waals surface area contributed by atoms with Gasteiger partial charge in [-0.05, 0) is 73.4 Å². The van der Waals surface area contributed by atoms with Crippen LogP contribution >= 0.6 is 0 Å². The monoisotopic (exact) mass is 444 g/mol. The standard InChI is InChI=1S/C27H24O6/c1-4-19-6-9-20(10-7-19)32-25-15-31-24-14-22(11-12-23(24)27(25)29)33-26(28)16-30-21-8-5-17(2)18(3)13-21/h5-15H,4,16H2,1-3H3. The lowest BCUT2D eigenvalue weighted by Crippen LogP contribution is -2.17. The van der Waals surface area contributed by atoms with E-state index in [1.807, 2.05) is 50.2 Å². The van der Waals surface area contributed by atoms with Gasteiger partial charge in [-0.3, -0.25) is 4.79 Å². The molecule has 0 radical (unpaired) electrons. The molecule has 0 aliphatic rings. The van der Waals surface area contributed by atoms with Crippen molar-refractivity contribution in [3.8, 4) is 23.0 Å². The number of benzene rings is 3. The maximum absolute atomic E-state index is 12.8. The van der Waals surface area contributed by atoms with E-state index in [4.69, 9.17) is 18.6 Å². The number of carbonyl (C=O) groups is 1. The molecule has 1 aromatic heterocycles. The second-order valence-electron chi connectivity index (χ2n) is 7.70. The van der Waals surface area contributed by atoms with Crippen LogP contribution < -0.4 is 19.6 Å². The molecule has 0 saturated carbocycles. The highest BCUT2D eigenvalue weighted by Crippen LogP contribution is 2.24. The van der Waals surface area contributed by atoms with Crippen molar-refractivity contribution in [1.29, 1.82) is 0 Å². The Morgan fingerprint density at radius 2 is 1.61 bits per heavy atom. The Hall–Kier alpha value is -4.06. The molecule has 4 rings (SSSR count). The zero-order valence-electron chi connectivity index (χ0n) is 18.7. The number of aryl methyl sites for hydroxylation is 3. The molecule has 0 fully saturated rings. The summed E-state index contributed by atoms with van der Waals surface area (Å²) in [5.41, 5.74) is 3.37. The highest BCUT2D eigenvalue weighted by molar-refractivity contribution is 5.81. The fraction of sp³-hybridized carbons (Fsp3) is 0.185. The molecular formula is C27H24O6. The minimum absolute atomic E-state index is 0.0817. The third-order valence-corrected chi connectivity index (χ3v) is 5.34. The van der Waals surface area contributed by atoms with Crippen LogP contribution in [0.1, 0.15) is 23.6 Å². The first-order valence-electron chi connectivity index (χ1n) is 10.7. The van der Waals surface area contributed by atoms with Crippen LogP contribution in [0.25, 0.3) is 11.0 Å². The lowest BCUT2D eigenvalue weighted by atomic mass is 10.1. The molecule has 4 aromatic rings. The summed E-state index contributed by atoms with van der Waals surface area (Å²) in [6.07, 6.45) is 2.18. The van der Waals surface area contributed by atoms with Crippen LogP contribution in [-0.2, 0) is 11.2 Å². The normalized spacial score (nSPS) is 10.8. The minimum atomic E-state index is -0.564. The molecule has 0 amide bonds. The second kappa shape index (κ2) is 9.61. The van der Waals surface area contributed by atoms with E-state index in [2.05, 4.69) is 6.92 Å². The maximum Gasteiger partial charge on any atom is 0.349 e. The highest BCUT2D eigenvalue weighted by atomic mass is 16.6. The first kappa shape index (κ1) is 22.1. The molecule has 1 heterocycles. The van der Waals surface area contributed by atoms with Gasteiger partial charge in [-0.15, -0.1) is 0 Å². The van der Waals surface area contributed by atoms with E-state index in [1.54, 1.807) is 12.1 Å². The third kappa shape index (κ3) is 5.23. The van der Waals surface area contributed by atoms with Crippen LogP contribution in [-0.4, -0.2) is 12.6 Å². The molecule has 0 bridgehead atoms. The molecule has 0 atom stereocenters. The summed E-state index contributed by atoms with van der Waals surface area (Å²) in [6, 6.07) is 17.7. The Labute approximate surface area is 191 Å². The van der Waals surface area contributed by atoms with Gasteiger partial charge < -0.3 is 18.6 Å². The summed E-state index contributed by atoms with van der Waals surface area (Å²) in [6.45, 7) is 5.80. The summed E-state index contributed by atoms with van der Waals surface area (Å²) in [4.78, 5) is 25.0. The zero-order chi connectivity index (χ0) is 23.4. The molecule has 168 valence electrons. The average Bonchev–Trinajstić information content (AvgIpc) is 2.82. The largest absolute Gasteiger partial charge is 0.482 e. The van der Waals surface area contributed by atoms with E-state index in [1.165, 1.54) is 24.0 Å². The van der Waals surface area contributed by atoms with Gasteiger partial charge in [0.1, 0.15) is 29.1 Å². The molecule has 0 unspecified atom stereocenters. The Morgan fingerprint density at radius 1 is 0.879 bits per heavy atom. The summed E-state index contributed by atoms with van der Waals surface area (Å²) >= 11 is 0. The average molecular weight is 444 g/mol. The molecule has 0 saturated heterocycles. The van der Waals surface area contributed by atoms with E-state index in [0.717, 1.165) is 17.5 Å². The number of rotatable bonds is 7. The number of hydrogen-bond donors (Lipinski definition) is 0. The number of fused-ring (bicyclic) bond motifs is 1. The van der Waals surface area contributed by atoms with Crippen molar-refractivity contribution in [3.63, 3.8) is 0 Å². The first-order valence-corrected chi connectivity index (χ1v) is 10.7.